The number of aromatic amines is 1. The molecule has 0 aliphatic carbocycles. The van der Waals surface area contributed by atoms with Gasteiger partial charge in [-0.3, -0.25) is 4.90 Å². The van der Waals surface area contributed by atoms with Crippen LogP contribution < -0.4 is 16.8 Å². The molecule has 8 nitrogen and oxygen atoms in total. The molecule has 0 radical (unpaired) electrons. The molecule has 6 N–H and O–H groups in total. The summed E-state index contributed by atoms with van der Waals surface area (Å²) in [7, 11) is 0. The van der Waals surface area contributed by atoms with E-state index < -0.39 is 0 Å². The number of benzene rings is 1. The SMILES string of the molecule is Cc1cc(C#CCN2CCNCC2)ccc1-c1nc2nc(N)nc(N)c2[nH]1. The van der Waals surface area contributed by atoms with E-state index in [1.807, 2.05) is 19.1 Å². The first-order valence-electron chi connectivity index (χ1n) is 8.92. The summed E-state index contributed by atoms with van der Waals surface area (Å²) >= 11 is 0. The van der Waals surface area contributed by atoms with Gasteiger partial charge in [0, 0.05) is 37.3 Å². The average Bonchev–Trinajstić information content (AvgIpc) is 3.07. The molecular formula is C19H22N8. The summed E-state index contributed by atoms with van der Waals surface area (Å²) in [5.74, 6) is 7.62. The van der Waals surface area contributed by atoms with Crippen molar-refractivity contribution < 1.29 is 0 Å². The van der Waals surface area contributed by atoms with Crippen LogP contribution in [0.2, 0.25) is 0 Å². The van der Waals surface area contributed by atoms with Gasteiger partial charge in [-0.1, -0.05) is 11.8 Å². The first-order valence-corrected chi connectivity index (χ1v) is 8.92. The Bertz CT molecular complexity index is 1040. The number of H-pyrrole nitrogens is 1. The molecular weight excluding hydrogens is 340 g/mol. The number of hydrogen-bond donors (Lipinski definition) is 4. The van der Waals surface area contributed by atoms with Crippen LogP contribution in [-0.4, -0.2) is 57.6 Å². The van der Waals surface area contributed by atoms with Gasteiger partial charge in [0.2, 0.25) is 5.95 Å². The van der Waals surface area contributed by atoms with Gasteiger partial charge in [0.1, 0.15) is 11.3 Å². The van der Waals surface area contributed by atoms with Gasteiger partial charge in [-0.25, -0.2) is 4.98 Å². The molecule has 0 spiro atoms. The summed E-state index contributed by atoms with van der Waals surface area (Å²) in [4.78, 5) is 18.1. The van der Waals surface area contributed by atoms with Gasteiger partial charge < -0.3 is 21.8 Å². The predicted molar refractivity (Wildman–Crippen MR) is 107 cm³/mol. The quantitative estimate of drug-likeness (QED) is 0.496. The minimum Gasteiger partial charge on any atom is -0.382 e. The van der Waals surface area contributed by atoms with E-state index in [-0.39, 0.29) is 5.95 Å². The lowest BCUT2D eigenvalue weighted by Crippen LogP contribution is -2.43. The lowest BCUT2D eigenvalue weighted by Gasteiger charge is -2.24. The molecule has 2 aromatic heterocycles. The Hall–Kier alpha value is -3.15. The van der Waals surface area contributed by atoms with Gasteiger partial charge in [0.25, 0.3) is 0 Å². The van der Waals surface area contributed by atoms with Crippen LogP contribution in [0.25, 0.3) is 22.6 Å². The average molecular weight is 362 g/mol. The highest BCUT2D eigenvalue weighted by atomic mass is 15.2. The summed E-state index contributed by atoms with van der Waals surface area (Å²) in [6.07, 6.45) is 0. The van der Waals surface area contributed by atoms with Crippen LogP contribution in [0.1, 0.15) is 11.1 Å². The fraction of sp³-hybridized carbons (Fsp3) is 0.316. The summed E-state index contributed by atoms with van der Waals surface area (Å²) in [6.45, 7) is 7.00. The molecule has 138 valence electrons. The second-order valence-electron chi connectivity index (χ2n) is 6.61. The normalized spacial score (nSPS) is 14.9. The number of nitrogen functional groups attached to an aromatic ring is 2. The molecule has 1 aliphatic rings. The minimum atomic E-state index is 0.116. The summed E-state index contributed by atoms with van der Waals surface area (Å²) < 4.78 is 0. The van der Waals surface area contributed by atoms with E-state index >= 15 is 0 Å². The van der Waals surface area contributed by atoms with Gasteiger partial charge in [0.15, 0.2) is 11.5 Å². The van der Waals surface area contributed by atoms with Crippen molar-refractivity contribution in [3.05, 3.63) is 29.3 Å². The second kappa shape index (κ2) is 7.23. The third kappa shape index (κ3) is 3.69. The number of nitrogens with one attached hydrogen (secondary N) is 2. The molecule has 1 aliphatic heterocycles. The fourth-order valence-electron chi connectivity index (χ4n) is 3.19. The van der Waals surface area contributed by atoms with Crippen LogP contribution in [0.4, 0.5) is 11.8 Å². The molecule has 27 heavy (non-hydrogen) atoms. The maximum Gasteiger partial charge on any atom is 0.224 e. The van der Waals surface area contributed by atoms with Crippen LogP contribution in [0, 0.1) is 18.8 Å². The smallest absolute Gasteiger partial charge is 0.224 e. The molecule has 4 rings (SSSR count). The lowest BCUT2D eigenvalue weighted by molar-refractivity contribution is 0.268. The van der Waals surface area contributed by atoms with Gasteiger partial charge in [-0.05, 0) is 30.7 Å². The number of imidazole rings is 1. The van der Waals surface area contributed by atoms with Crippen LogP contribution in [0.3, 0.4) is 0 Å². The number of aromatic nitrogens is 4. The highest BCUT2D eigenvalue weighted by Gasteiger charge is 2.12. The third-order valence-electron chi connectivity index (χ3n) is 4.62. The summed E-state index contributed by atoms with van der Waals surface area (Å²) in [5.41, 5.74) is 15.6. The van der Waals surface area contributed by atoms with E-state index in [9.17, 15) is 0 Å². The number of anilines is 2. The minimum absolute atomic E-state index is 0.116. The van der Waals surface area contributed by atoms with Gasteiger partial charge in [-0.15, -0.1) is 0 Å². The van der Waals surface area contributed by atoms with E-state index in [1.165, 1.54) is 0 Å². The first-order chi connectivity index (χ1) is 13.1. The summed E-state index contributed by atoms with van der Waals surface area (Å²) in [5, 5.41) is 3.35. The van der Waals surface area contributed by atoms with Crippen molar-refractivity contribution in [1.29, 1.82) is 0 Å². The molecule has 0 atom stereocenters. The van der Waals surface area contributed by atoms with Crippen LogP contribution in [0.15, 0.2) is 18.2 Å². The number of nitrogens with two attached hydrogens (primary N) is 2. The Morgan fingerprint density at radius 1 is 1.15 bits per heavy atom. The van der Waals surface area contributed by atoms with Crippen LogP contribution in [-0.2, 0) is 0 Å². The number of nitrogens with zero attached hydrogens (tertiary/aromatic N) is 4. The van der Waals surface area contributed by atoms with Crippen molar-refractivity contribution in [3.63, 3.8) is 0 Å². The van der Waals surface area contributed by atoms with Crippen molar-refractivity contribution in [3.8, 4) is 23.2 Å². The van der Waals surface area contributed by atoms with Gasteiger partial charge in [0.05, 0.1) is 6.54 Å². The van der Waals surface area contributed by atoms with Crippen molar-refractivity contribution in [2.45, 2.75) is 6.92 Å². The molecule has 3 heterocycles. The van der Waals surface area contributed by atoms with E-state index in [0.717, 1.165) is 49.4 Å². The number of fused-ring (bicyclic) bond motifs is 1. The van der Waals surface area contributed by atoms with Crippen molar-refractivity contribution in [1.82, 2.24) is 30.2 Å². The molecule has 0 bridgehead atoms. The highest BCUT2D eigenvalue weighted by Crippen LogP contribution is 2.25. The Balaban J connectivity index is 1.56. The zero-order chi connectivity index (χ0) is 18.8. The van der Waals surface area contributed by atoms with Crippen LogP contribution in [0.5, 0.6) is 0 Å². The topological polar surface area (TPSA) is 122 Å². The maximum absolute atomic E-state index is 5.90. The second-order valence-corrected chi connectivity index (χ2v) is 6.61. The number of rotatable bonds is 2. The Morgan fingerprint density at radius 2 is 1.96 bits per heavy atom. The molecule has 3 aromatic rings. The molecule has 0 amide bonds. The van der Waals surface area contributed by atoms with E-state index in [0.29, 0.717) is 22.8 Å². The number of piperazine rings is 1. The van der Waals surface area contributed by atoms with Gasteiger partial charge in [-0.2, -0.15) is 9.97 Å². The Labute approximate surface area is 157 Å². The number of aryl methyl sites for hydroxylation is 1. The van der Waals surface area contributed by atoms with Gasteiger partial charge >= 0.3 is 0 Å². The zero-order valence-corrected chi connectivity index (χ0v) is 15.2. The predicted octanol–water partition coefficient (Wildman–Crippen LogP) is 0.749. The molecule has 8 heteroatoms. The first kappa shape index (κ1) is 17.3. The maximum atomic E-state index is 5.90. The highest BCUT2D eigenvalue weighted by molar-refractivity contribution is 5.85. The molecule has 1 aromatic carbocycles. The lowest BCUT2D eigenvalue weighted by atomic mass is 10.0. The Kier molecular flexibility index (Phi) is 4.62. The van der Waals surface area contributed by atoms with E-state index in [2.05, 4.69) is 48.1 Å². The molecule has 0 saturated carbocycles. The van der Waals surface area contributed by atoms with Crippen LogP contribution >= 0.6 is 0 Å². The zero-order valence-electron chi connectivity index (χ0n) is 15.2. The van der Waals surface area contributed by atoms with Crippen molar-refractivity contribution >= 4 is 22.9 Å². The standard InChI is InChI=1S/C19H22N8/c1-12-11-13(3-2-8-27-9-6-22-7-10-27)4-5-14(12)17-23-15-16(20)24-19(21)26-18(15)25-17/h4-5,11,22H,6-10H2,1H3,(H5,20,21,23,24,25,26). The van der Waals surface area contributed by atoms with E-state index in [4.69, 9.17) is 11.5 Å². The van der Waals surface area contributed by atoms with Crippen molar-refractivity contribution in [2.24, 2.45) is 0 Å². The third-order valence-corrected chi connectivity index (χ3v) is 4.62. The molecule has 0 unspecified atom stereocenters. The Morgan fingerprint density at radius 3 is 2.74 bits per heavy atom. The molecule has 1 saturated heterocycles. The summed E-state index contributed by atoms with van der Waals surface area (Å²) in [6, 6.07) is 6.08. The monoisotopic (exact) mass is 362 g/mol. The fourth-order valence-corrected chi connectivity index (χ4v) is 3.19. The van der Waals surface area contributed by atoms with Crippen molar-refractivity contribution in [2.75, 3.05) is 44.2 Å². The number of hydrogen-bond acceptors (Lipinski definition) is 7. The van der Waals surface area contributed by atoms with E-state index in [1.54, 1.807) is 0 Å². The largest absolute Gasteiger partial charge is 0.382 e. The molecule has 1 fully saturated rings.